The Bertz CT molecular complexity index is 455. The fourth-order valence-electron chi connectivity index (χ4n) is 1.82. The van der Waals surface area contributed by atoms with Crippen molar-refractivity contribution in [2.24, 2.45) is 5.92 Å². The van der Waals surface area contributed by atoms with Crippen molar-refractivity contribution in [1.82, 2.24) is 5.32 Å². The summed E-state index contributed by atoms with van der Waals surface area (Å²) in [6, 6.07) is 7.93. The molecule has 2 rings (SSSR count). The van der Waals surface area contributed by atoms with Gasteiger partial charge in [-0.25, -0.2) is 0 Å². The molecule has 0 heterocycles. The highest BCUT2D eigenvalue weighted by Crippen LogP contribution is 2.27. The number of nitrogens with one attached hydrogen (secondary N) is 1. The average molecular weight is 265 g/mol. The van der Waals surface area contributed by atoms with Gasteiger partial charge in [0, 0.05) is 23.1 Å². The van der Waals surface area contributed by atoms with Crippen molar-refractivity contribution >= 4 is 16.7 Å². The molecule has 0 bridgehead atoms. The number of benzene rings is 1. The number of carbonyl (C=O) groups excluding carboxylic acids is 1. The average Bonchev–Trinajstić information content (AvgIpc) is 3.09. The summed E-state index contributed by atoms with van der Waals surface area (Å²) < 4.78 is 11.8. The van der Waals surface area contributed by atoms with Crippen LogP contribution in [0, 0.1) is 12.8 Å². The quantitative estimate of drug-likeness (QED) is 0.852. The zero-order valence-electron chi connectivity index (χ0n) is 10.6. The van der Waals surface area contributed by atoms with Gasteiger partial charge in [-0.3, -0.25) is 9.00 Å². The van der Waals surface area contributed by atoms with Crippen LogP contribution in [0.1, 0.15) is 24.0 Å². The lowest BCUT2D eigenvalue weighted by molar-refractivity contribution is -0.118. The van der Waals surface area contributed by atoms with Crippen molar-refractivity contribution in [3.8, 4) is 0 Å². The summed E-state index contributed by atoms with van der Waals surface area (Å²) in [5.74, 6) is 1.14. The largest absolute Gasteiger partial charge is 0.355 e. The minimum atomic E-state index is -1.12. The first-order chi connectivity index (χ1) is 8.63. The van der Waals surface area contributed by atoms with Crippen LogP contribution in [0.15, 0.2) is 24.3 Å². The van der Waals surface area contributed by atoms with E-state index in [0.717, 1.165) is 17.7 Å². The van der Waals surface area contributed by atoms with Gasteiger partial charge in [0.25, 0.3) is 0 Å². The SMILES string of the molecule is Cc1cccc(CS(=O)CC(=O)NCC2CC2)c1. The lowest BCUT2D eigenvalue weighted by atomic mass is 10.2. The zero-order chi connectivity index (χ0) is 13.0. The molecule has 18 heavy (non-hydrogen) atoms. The smallest absolute Gasteiger partial charge is 0.232 e. The number of hydrogen-bond donors (Lipinski definition) is 1. The first-order valence-corrected chi connectivity index (χ1v) is 7.79. The van der Waals surface area contributed by atoms with Gasteiger partial charge in [-0.2, -0.15) is 0 Å². The molecule has 1 N–H and O–H groups in total. The molecule has 1 atom stereocenters. The third-order valence-electron chi connectivity index (χ3n) is 2.99. The summed E-state index contributed by atoms with van der Waals surface area (Å²) in [5.41, 5.74) is 2.19. The van der Waals surface area contributed by atoms with Crippen LogP contribution in [0.2, 0.25) is 0 Å². The molecule has 1 saturated carbocycles. The third-order valence-corrected chi connectivity index (χ3v) is 4.23. The Kier molecular flexibility index (Phi) is 4.53. The number of hydrogen-bond acceptors (Lipinski definition) is 2. The molecule has 1 unspecified atom stereocenters. The van der Waals surface area contributed by atoms with Crippen LogP contribution in [0.3, 0.4) is 0 Å². The predicted molar refractivity (Wildman–Crippen MR) is 73.6 cm³/mol. The van der Waals surface area contributed by atoms with E-state index in [9.17, 15) is 9.00 Å². The number of aryl methyl sites for hydroxylation is 1. The molecule has 1 aliphatic rings. The summed E-state index contributed by atoms with van der Waals surface area (Å²) in [7, 11) is -1.12. The highest BCUT2D eigenvalue weighted by molar-refractivity contribution is 7.84. The molecule has 1 fully saturated rings. The van der Waals surface area contributed by atoms with Gasteiger partial charge < -0.3 is 5.32 Å². The molecule has 3 nitrogen and oxygen atoms in total. The Hall–Kier alpha value is -1.16. The van der Waals surface area contributed by atoms with Crippen LogP contribution in [-0.2, 0) is 21.3 Å². The van der Waals surface area contributed by atoms with E-state index >= 15 is 0 Å². The van der Waals surface area contributed by atoms with Gasteiger partial charge in [-0.15, -0.1) is 0 Å². The zero-order valence-corrected chi connectivity index (χ0v) is 11.5. The molecule has 1 aliphatic carbocycles. The van der Waals surface area contributed by atoms with E-state index in [0.29, 0.717) is 11.7 Å². The van der Waals surface area contributed by atoms with Gasteiger partial charge in [0.2, 0.25) is 5.91 Å². The Balaban J connectivity index is 1.75. The summed E-state index contributed by atoms with van der Waals surface area (Å²) in [5, 5.41) is 2.84. The van der Waals surface area contributed by atoms with E-state index in [2.05, 4.69) is 5.32 Å². The van der Waals surface area contributed by atoms with Crippen molar-refractivity contribution < 1.29 is 9.00 Å². The van der Waals surface area contributed by atoms with Gasteiger partial charge in [0.05, 0.1) is 0 Å². The van der Waals surface area contributed by atoms with Crippen molar-refractivity contribution in [3.05, 3.63) is 35.4 Å². The highest BCUT2D eigenvalue weighted by atomic mass is 32.2. The molecule has 0 aliphatic heterocycles. The first kappa shape index (κ1) is 13.3. The first-order valence-electron chi connectivity index (χ1n) is 6.30. The molecule has 4 heteroatoms. The maximum absolute atomic E-state index is 11.8. The Morgan fingerprint density at radius 1 is 1.44 bits per heavy atom. The van der Waals surface area contributed by atoms with Crippen LogP contribution < -0.4 is 5.32 Å². The second kappa shape index (κ2) is 6.14. The van der Waals surface area contributed by atoms with Crippen LogP contribution >= 0.6 is 0 Å². The lowest BCUT2D eigenvalue weighted by Gasteiger charge is -2.05. The van der Waals surface area contributed by atoms with Crippen molar-refractivity contribution in [1.29, 1.82) is 0 Å². The number of carbonyl (C=O) groups is 1. The van der Waals surface area contributed by atoms with Gasteiger partial charge in [0.1, 0.15) is 5.75 Å². The Labute approximate surface area is 110 Å². The fourth-order valence-corrected chi connectivity index (χ4v) is 2.86. The van der Waals surface area contributed by atoms with Gasteiger partial charge in [-0.1, -0.05) is 29.8 Å². The van der Waals surface area contributed by atoms with E-state index in [1.165, 1.54) is 12.8 Å². The van der Waals surface area contributed by atoms with Crippen molar-refractivity contribution in [3.63, 3.8) is 0 Å². The number of rotatable bonds is 6. The highest BCUT2D eigenvalue weighted by Gasteiger charge is 2.21. The summed E-state index contributed by atoms with van der Waals surface area (Å²) >= 11 is 0. The number of amides is 1. The summed E-state index contributed by atoms with van der Waals surface area (Å²) in [6.07, 6.45) is 2.43. The van der Waals surface area contributed by atoms with Crippen LogP contribution in [0.25, 0.3) is 0 Å². The second-order valence-corrected chi connectivity index (χ2v) is 6.42. The summed E-state index contributed by atoms with van der Waals surface area (Å²) in [6.45, 7) is 2.76. The summed E-state index contributed by atoms with van der Waals surface area (Å²) in [4.78, 5) is 11.5. The molecule has 0 aromatic heterocycles. The molecule has 98 valence electrons. The Morgan fingerprint density at radius 3 is 2.89 bits per heavy atom. The molecule has 0 saturated heterocycles. The molecule has 1 amide bonds. The third kappa shape index (κ3) is 4.61. The van der Waals surface area contributed by atoms with Gasteiger partial charge in [-0.05, 0) is 31.2 Å². The normalized spacial score (nSPS) is 16.3. The van der Waals surface area contributed by atoms with E-state index in [1.54, 1.807) is 0 Å². The second-order valence-electron chi connectivity index (χ2n) is 4.97. The Morgan fingerprint density at radius 2 is 2.22 bits per heavy atom. The predicted octanol–water partition coefficient (Wildman–Crippen LogP) is 1.77. The molecule has 1 aromatic carbocycles. The van der Waals surface area contributed by atoms with Crippen molar-refractivity contribution in [2.75, 3.05) is 12.3 Å². The van der Waals surface area contributed by atoms with E-state index in [4.69, 9.17) is 0 Å². The lowest BCUT2D eigenvalue weighted by Crippen LogP contribution is -2.30. The van der Waals surface area contributed by atoms with E-state index < -0.39 is 10.8 Å². The topological polar surface area (TPSA) is 46.2 Å². The van der Waals surface area contributed by atoms with Crippen LogP contribution in [0.5, 0.6) is 0 Å². The van der Waals surface area contributed by atoms with Crippen molar-refractivity contribution in [2.45, 2.75) is 25.5 Å². The minimum absolute atomic E-state index is 0.0899. The molecule has 1 aromatic rings. The van der Waals surface area contributed by atoms with Gasteiger partial charge in [0.15, 0.2) is 0 Å². The van der Waals surface area contributed by atoms with Gasteiger partial charge >= 0.3 is 0 Å². The van der Waals surface area contributed by atoms with Crippen LogP contribution in [0.4, 0.5) is 0 Å². The van der Waals surface area contributed by atoms with E-state index in [1.807, 2.05) is 31.2 Å². The van der Waals surface area contributed by atoms with Crippen LogP contribution in [-0.4, -0.2) is 22.4 Å². The molecule has 0 spiro atoms. The molecule has 0 radical (unpaired) electrons. The maximum Gasteiger partial charge on any atom is 0.232 e. The minimum Gasteiger partial charge on any atom is -0.355 e. The monoisotopic (exact) mass is 265 g/mol. The molecular weight excluding hydrogens is 246 g/mol. The standard InChI is InChI=1S/C14H19NO2S/c1-11-3-2-4-13(7-11)9-18(17)10-14(16)15-8-12-5-6-12/h2-4,7,12H,5-6,8-10H2,1H3,(H,15,16). The fraction of sp³-hybridized carbons (Fsp3) is 0.500. The van der Waals surface area contributed by atoms with E-state index in [-0.39, 0.29) is 11.7 Å². The maximum atomic E-state index is 11.8. The molecular formula is C14H19NO2S.